The second-order valence-electron chi connectivity index (χ2n) is 4.64. The van der Waals surface area contributed by atoms with Gasteiger partial charge < -0.3 is 20.5 Å². The molecule has 0 saturated carbocycles. The number of nitrogens with two attached hydrogens (primary N) is 1. The molecule has 0 aromatic heterocycles. The zero-order valence-electron chi connectivity index (χ0n) is 12.3. The number of ether oxygens (including phenoxy) is 2. The first-order valence-corrected chi connectivity index (χ1v) is 6.50. The van der Waals surface area contributed by atoms with Crippen molar-refractivity contribution in [2.75, 3.05) is 20.2 Å². The molecule has 0 aliphatic carbocycles. The predicted molar refractivity (Wildman–Crippen MR) is 82.4 cm³/mol. The zero-order chi connectivity index (χ0) is 15.0. The lowest BCUT2D eigenvalue weighted by molar-refractivity contribution is 0.229. The minimum Gasteiger partial charge on any atom is -0.497 e. The third-order valence-corrected chi connectivity index (χ3v) is 2.47. The molecule has 1 aromatic rings. The first-order chi connectivity index (χ1) is 9.51. The smallest absolute Gasteiger partial charge is 0.188 e. The Balaban J connectivity index is 2.44. The topological polar surface area (TPSA) is 68.9 Å². The first kappa shape index (κ1) is 15.9. The number of rotatable bonds is 7. The van der Waals surface area contributed by atoms with Gasteiger partial charge in [-0.25, -0.2) is 4.99 Å². The normalized spacial score (nSPS) is 12.7. The van der Waals surface area contributed by atoms with Gasteiger partial charge in [0.1, 0.15) is 17.6 Å². The van der Waals surface area contributed by atoms with E-state index >= 15 is 0 Å². The summed E-state index contributed by atoms with van der Waals surface area (Å²) in [5, 5.41) is 2.97. The van der Waals surface area contributed by atoms with E-state index in [0.29, 0.717) is 19.0 Å². The van der Waals surface area contributed by atoms with E-state index in [1.165, 1.54) is 0 Å². The Labute approximate surface area is 120 Å². The second-order valence-corrected chi connectivity index (χ2v) is 4.64. The molecular formula is C15H23N3O2. The van der Waals surface area contributed by atoms with E-state index in [1.807, 2.05) is 38.1 Å². The van der Waals surface area contributed by atoms with Crippen molar-refractivity contribution in [3.05, 3.63) is 36.4 Å². The van der Waals surface area contributed by atoms with Crippen LogP contribution in [0.25, 0.3) is 0 Å². The Kier molecular flexibility index (Phi) is 6.43. The summed E-state index contributed by atoms with van der Waals surface area (Å²) in [5.74, 6) is 1.91. The van der Waals surface area contributed by atoms with Gasteiger partial charge in [-0.15, -0.1) is 0 Å². The van der Waals surface area contributed by atoms with Gasteiger partial charge in [0, 0.05) is 12.6 Å². The Morgan fingerprint density at radius 1 is 1.45 bits per heavy atom. The van der Waals surface area contributed by atoms with Crippen LogP contribution in [0, 0.1) is 0 Å². The highest BCUT2D eigenvalue weighted by molar-refractivity contribution is 5.78. The van der Waals surface area contributed by atoms with Crippen LogP contribution in [0.1, 0.15) is 13.8 Å². The molecule has 0 saturated heterocycles. The second kappa shape index (κ2) is 8.09. The van der Waals surface area contributed by atoms with Crippen LogP contribution in [0.5, 0.6) is 11.5 Å². The lowest BCUT2D eigenvalue weighted by atomic mass is 10.3. The largest absolute Gasteiger partial charge is 0.497 e. The minimum absolute atomic E-state index is 0.0766. The fraction of sp³-hybridized carbons (Fsp3) is 0.400. The number of guanidine groups is 1. The molecule has 1 unspecified atom stereocenters. The van der Waals surface area contributed by atoms with Crippen LogP contribution < -0.4 is 20.5 Å². The van der Waals surface area contributed by atoms with Crippen LogP contribution in [0.4, 0.5) is 0 Å². The Bertz CT molecular complexity index is 472. The van der Waals surface area contributed by atoms with Crippen molar-refractivity contribution in [1.29, 1.82) is 0 Å². The van der Waals surface area contributed by atoms with Gasteiger partial charge in [0.15, 0.2) is 5.96 Å². The molecule has 1 aromatic carbocycles. The maximum atomic E-state index is 5.74. The highest BCUT2D eigenvalue weighted by atomic mass is 16.5. The summed E-state index contributed by atoms with van der Waals surface area (Å²) in [6.07, 6.45) is -0.0766. The highest BCUT2D eigenvalue weighted by Crippen LogP contribution is 2.19. The van der Waals surface area contributed by atoms with E-state index in [1.54, 1.807) is 7.11 Å². The van der Waals surface area contributed by atoms with Gasteiger partial charge in [0.05, 0.1) is 13.7 Å². The van der Waals surface area contributed by atoms with Crippen LogP contribution in [-0.2, 0) is 0 Å². The number of nitrogens with one attached hydrogen (secondary N) is 1. The van der Waals surface area contributed by atoms with E-state index < -0.39 is 0 Å². The van der Waals surface area contributed by atoms with Gasteiger partial charge in [-0.1, -0.05) is 18.2 Å². The van der Waals surface area contributed by atoms with Crippen LogP contribution in [0.2, 0.25) is 0 Å². The van der Waals surface area contributed by atoms with Crippen LogP contribution in [0.15, 0.2) is 41.4 Å². The van der Waals surface area contributed by atoms with Gasteiger partial charge in [-0.3, -0.25) is 0 Å². The summed E-state index contributed by atoms with van der Waals surface area (Å²) < 4.78 is 10.9. The average Bonchev–Trinajstić information content (AvgIpc) is 2.43. The van der Waals surface area contributed by atoms with Gasteiger partial charge in [0.25, 0.3) is 0 Å². The van der Waals surface area contributed by atoms with Crippen LogP contribution in [0.3, 0.4) is 0 Å². The first-order valence-electron chi connectivity index (χ1n) is 6.50. The highest BCUT2D eigenvalue weighted by Gasteiger charge is 2.04. The van der Waals surface area contributed by atoms with Gasteiger partial charge in [0.2, 0.25) is 0 Å². The van der Waals surface area contributed by atoms with Gasteiger partial charge in [-0.05, 0) is 26.0 Å². The van der Waals surface area contributed by atoms with Crippen molar-refractivity contribution >= 4 is 5.96 Å². The van der Waals surface area contributed by atoms with Crippen molar-refractivity contribution in [2.45, 2.75) is 20.0 Å². The third-order valence-electron chi connectivity index (χ3n) is 2.47. The van der Waals surface area contributed by atoms with Crippen molar-refractivity contribution in [3.8, 4) is 11.5 Å². The van der Waals surface area contributed by atoms with Crippen molar-refractivity contribution in [3.63, 3.8) is 0 Å². The van der Waals surface area contributed by atoms with E-state index in [2.05, 4.69) is 16.9 Å². The molecule has 5 heteroatoms. The molecular weight excluding hydrogens is 254 g/mol. The van der Waals surface area contributed by atoms with E-state index in [0.717, 1.165) is 17.1 Å². The van der Waals surface area contributed by atoms with E-state index in [4.69, 9.17) is 15.2 Å². The van der Waals surface area contributed by atoms with E-state index in [9.17, 15) is 0 Å². The number of nitrogens with zero attached hydrogens (tertiary/aromatic N) is 1. The molecule has 110 valence electrons. The van der Waals surface area contributed by atoms with Crippen LogP contribution in [-0.4, -0.2) is 32.3 Å². The number of benzene rings is 1. The predicted octanol–water partition coefficient (Wildman–Crippen LogP) is 1.94. The number of hydrogen-bond donors (Lipinski definition) is 2. The summed E-state index contributed by atoms with van der Waals surface area (Å²) in [6, 6.07) is 7.47. The summed E-state index contributed by atoms with van der Waals surface area (Å²) in [4.78, 5) is 4.22. The molecule has 0 heterocycles. The molecule has 1 atom stereocenters. The summed E-state index contributed by atoms with van der Waals surface area (Å²) >= 11 is 0. The summed E-state index contributed by atoms with van der Waals surface area (Å²) in [7, 11) is 1.63. The minimum atomic E-state index is -0.0766. The quantitative estimate of drug-likeness (QED) is 0.454. The SMILES string of the molecule is C=C(C)CNC(N)=NCC(C)Oc1cccc(OC)c1. The standard InChI is InChI=1S/C15H23N3O2/c1-11(2)9-17-15(16)18-10-12(3)20-14-7-5-6-13(8-14)19-4/h5-8,12H,1,9-10H2,2-4H3,(H3,16,17,18). The maximum Gasteiger partial charge on any atom is 0.188 e. The molecule has 0 aliphatic rings. The Morgan fingerprint density at radius 3 is 2.80 bits per heavy atom. The molecule has 0 bridgehead atoms. The zero-order valence-corrected chi connectivity index (χ0v) is 12.3. The lowest BCUT2D eigenvalue weighted by Crippen LogP contribution is -2.33. The van der Waals surface area contributed by atoms with Crippen LogP contribution >= 0.6 is 0 Å². The molecule has 5 nitrogen and oxygen atoms in total. The molecule has 20 heavy (non-hydrogen) atoms. The van der Waals surface area contributed by atoms with Crippen molar-refractivity contribution in [2.24, 2.45) is 10.7 Å². The third kappa shape index (κ3) is 6.13. The van der Waals surface area contributed by atoms with Gasteiger partial charge >= 0.3 is 0 Å². The average molecular weight is 277 g/mol. The summed E-state index contributed by atoms with van der Waals surface area (Å²) in [6.45, 7) is 8.75. The maximum absolute atomic E-state index is 5.74. The molecule has 0 amide bonds. The van der Waals surface area contributed by atoms with E-state index in [-0.39, 0.29) is 6.10 Å². The number of methoxy groups -OCH3 is 1. The number of hydrogen-bond acceptors (Lipinski definition) is 3. The van der Waals surface area contributed by atoms with Crippen molar-refractivity contribution < 1.29 is 9.47 Å². The molecule has 1 rings (SSSR count). The molecule has 3 N–H and O–H groups in total. The molecule has 0 fully saturated rings. The van der Waals surface area contributed by atoms with Gasteiger partial charge in [-0.2, -0.15) is 0 Å². The van der Waals surface area contributed by atoms with Crippen molar-refractivity contribution in [1.82, 2.24) is 5.32 Å². The Hall–Kier alpha value is -2.17. The molecule has 0 spiro atoms. The fourth-order valence-electron chi connectivity index (χ4n) is 1.47. The molecule has 0 aliphatic heterocycles. The summed E-state index contributed by atoms with van der Waals surface area (Å²) in [5.41, 5.74) is 6.74. The molecule has 0 radical (unpaired) electrons. The Morgan fingerprint density at radius 2 is 2.15 bits per heavy atom. The fourth-order valence-corrected chi connectivity index (χ4v) is 1.47. The monoisotopic (exact) mass is 277 g/mol. The number of aliphatic imine (C=N–C) groups is 1. The lowest BCUT2D eigenvalue weighted by Gasteiger charge is -2.14.